The van der Waals surface area contributed by atoms with Gasteiger partial charge < -0.3 is 10.6 Å². The number of nitrogens with one attached hydrogen (secondary N) is 2. The maximum absolute atomic E-state index is 12.2. The molecule has 122 valence electrons. The van der Waals surface area contributed by atoms with E-state index in [1.165, 1.54) is 5.56 Å². The molecule has 2 N–H and O–H groups in total. The first-order valence-electron chi connectivity index (χ1n) is 7.76. The summed E-state index contributed by atoms with van der Waals surface area (Å²) in [6.07, 6.45) is 2.89. The first kappa shape index (κ1) is 15.9. The summed E-state index contributed by atoms with van der Waals surface area (Å²) in [5.74, 6) is 0.356. The first-order valence-corrected chi connectivity index (χ1v) is 8.14. The Morgan fingerprint density at radius 3 is 2.91 bits per heavy atom. The molecule has 1 aromatic heterocycles. The summed E-state index contributed by atoms with van der Waals surface area (Å²) in [6, 6.07) is 7.78. The Bertz CT molecular complexity index is 727. The second-order valence-electron chi connectivity index (χ2n) is 6.19. The highest BCUT2D eigenvalue weighted by molar-refractivity contribution is 6.30. The van der Waals surface area contributed by atoms with Gasteiger partial charge in [0.25, 0.3) is 0 Å². The molecule has 1 aliphatic carbocycles. The minimum absolute atomic E-state index is 0.0768. The van der Waals surface area contributed by atoms with E-state index < -0.39 is 0 Å². The van der Waals surface area contributed by atoms with Gasteiger partial charge in [-0.05, 0) is 38.0 Å². The van der Waals surface area contributed by atoms with Crippen LogP contribution in [0.2, 0.25) is 5.02 Å². The topological polar surface area (TPSA) is 59.0 Å². The van der Waals surface area contributed by atoms with Gasteiger partial charge in [-0.1, -0.05) is 23.7 Å². The van der Waals surface area contributed by atoms with Gasteiger partial charge in [-0.25, -0.2) is 4.79 Å². The van der Waals surface area contributed by atoms with Crippen molar-refractivity contribution in [2.45, 2.75) is 38.3 Å². The zero-order chi connectivity index (χ0) is 16.6. The highest BCUT2D eigenvalue weighted by Crippen LogP contribution is 2.41. The summed E-state index contributed by atoms with van der Waals surface area (Å²) in [5.41, 5.74) is 3.15. The predicted molar refractivity (Wildman–Crippen MR) is 90.6 cm³/mol. The summed E-state index contributed by atoms with van der Waals surface area (Å²) >= 11 is 6.02. The van der Waals surface area contributed by atoms with E-state index in [4.69, 9.17) is 11.6 Å². The maximum Gasteiger partial charge on any atom is 0.315 e. The van der Waals surface area contributed by atoms with Crippen molar-refractivity contribution in [1.82, 2.24) is 20.4 Å². The van der Waals surface area contributed by atoms with Crippen LogP contribution in [0.4, 0.5) is 4.79 Å². The fourth-order valence-electron chi connectivity index (χ4n) is 2.99. The molecule has 0 saturated heterocycles. The van der Waals surface area contributed by atoms with Crippen LogP contribution in [0.1, 0.15) is 42.1 Å². The number of aryl methyl sites for hydroxylation is 2. The monoisotopic (exact) mass is 332 g/mol. The number of amides is 2. The molecule has 1 aromatic carbocycles. The number of hydrogen-bond acceptors (Lipinski definition) is 2. The normalized spacial score (nSPS) is 20.9. The number of benzene rings is 1. The third kappa shape index (κ3) is 3.67. The van der Waals surface area contributed by atoms with Crippen LogP contribution in [0.25, 0.3) is 0 Å². The van der Waals surface area contributed by atoms with E-state index in [0.717, 1.165) is 22.7 Å². The molecule has 0 unspecified atom stereocenters. The Kier molecular flexibility index (Phi) is 4.31. The van der Waals surface area contributed by atoms with Crippen molar-refractivity contribution >= 4 is 17.6 Å². The minimum Gasteiger partial charge on any atom is -0.335 e. The van der Waals surface area contributed by atoms with Crippen molar-refractivity contribution in [2.75, 3.05) is 0 Å². The average Bonchev–Trinajstić information content (AvgIpc) is 3.14. The molecular weight excluding hydrogens is 312 g/mol. The van der Waals surface area contributed by atoms with Crippen molar-refractivity contribution in [3.8, 4) is 0 Å². The predicted octanol–water partition coefficient (Wildman–Crippen LogP) is 3.30. The highest BCUT2D eigenvalue weighted by Gasteiger charge is 2.39. The van der Waals surface area contributed by atoms with E-state index >= 15 is 0 Å². The van der Waals surface area contributed by atoms with Crippen molar-refractivity contribution in [3.05, 3.63) is 52.3 Å². The van der Waals surface area contributed by atoms with Gasteiger partial charge in [0.05, 0.1) is 11.7 Å². The third-order valence-corrected chi connectivity index (χ3v) is 4.48. The maximum atomic E-state index is 12.2. The van der Waals surface area contributed by atoms with Gasteiger partial charge >= 0.3 is 6.03 Å². The lowest BCUT2D eigenvalue weighted by molar-refractivity contribution is 0.237. The molecule has 2 amide bonds. The molecule has 1 heterocycles. The number of carbonyl (C=O) groups excluding carboxylic acids is 1. The van der Waals surface area contributed by atoms with Gasteiger partial charge in [-0.15, -0.1) is 0 Å². The van der Waals surface area contributed by atoms with Crippen molar-refractivity contribution in [1.29, 1.82) is 0 Å². The lowest BCUT2D eigenvalue weighted by Crippen LogP contribution is -2.38. The summed E-state index contributed by atoms with van der Waals surface area (Å²) in [5, 5.41) is 11.0. The van der Waals surface area contributed by atoms with Gasteiger partial charge in [0.1, 0.15) is 0 Å². The third-order valence-electron chi connectivity index (χ3n) is 4.25. The second kappa shape index (κ2) is 6.24. The number of hydrogen-bond donors (Lipinski definition) is 2. The molecule has 3 rings (SSSR count). The van der Waals surface area contributed by atoms with Crippen LogP contribution in [-0.4, -0.2) is 21.9 Å². The molecule has 1 fully saturated rings. The number of rotatable bonds is 4. The summed E-state index contributed by atoms with van der Waals surface area (Å²) < 4.78 is 1.76. The number of nitrogens with zero attached hydrogens (tertiary/aromatic N) is 2. The SMILES string of the molecule is Cc1nn(C)cc1[C@H](C)NC(=O)N[C@@H]1C[C@H]1c1cccc(Cl)c1. The van der Waals surface area contributed by atoms with Crippen molar-refractivity contribution in [3.63, 3.8) is 0 Å². The quantitative estimate of drug-likeness (QED) is 0.902. The summed E-state index contributed by atoms with van der Waals surface area (Å²) in [6.45, 7) is 3.91. The van der Waals surface area contributed by atoms with Crippen LogP contribution >= 0.6 is 11.6 Å². The van der Waals surface area contributed by atoms with E-state index in [2.05, 4.69) is 21.8 Å². The zero-order valence-electron chi connectivity index (χ0n) is 13.5. The smallest absolute Gasteiger partial charge is 0.315 e. The molecule has 3 atom stereocenters. The Hall–Kier alpha value is -2.01. The Morgan fingerprint density at radius 1 is 1.48 bits per heavy atom. The molecule has 23 heavy (non-hydrogen) atoms. The number of carbonyl (C=O) groups is 1. The van der Waals surface area contributed by atoms with E-state index in [0.29, 0.717) is 5.92 Å². The lowest BCUT2D eigenvalue weighted by Gasteiger charge is -2.14. The molecular formula is C17H21ClN4O. The number of urea groups is 1. The summed E-state index contributed by atoms with van der Waals surface area (Å²) in [7, 11) is 1.88. The van der Waals surface area contributed by atoms with Crippen LogP contribution in [0.5, 0.6) is 0 Å². The zero-order valence-corrected chi connectivity index (χ0v) is 14.3. The van der Waals surface area contributed by atoms with Gasteiger partial charge in [0.15, 0.2) is 0 Å². The Morgan fingerprint density at radius 2 is 2.26 bits per heavy atom. The van der Waals surface area contributed by atoms with E-state index in [-0.39, 0.29) is 18.1 Å². The molecule has 0 spiro atoms. The average molecular weight is 333 g/mol. The Balaban J connectivity index is 1.54. The lowest BCUT2D eigenvalue weighted by atomic mass is 10.1. The van der Waals surface area contributed by atoms with Gasteiger partial charge in [0.2, 0.25) is 0 Å². The van der Waals surface area contributed by atoms with Crippen LogP contribution in [0.15, 0.2) is 30.5 Å². The fourth-order valence-corrected chi connectivity index (χ4v) is 3.19. The molecule has 6 heteroatoms. The fraction of sp³-hybridized carbons (Fsp3) is 0.412. The molecule has 5 nitrogen and oxygen atoms in total. The largest absolute Gasteiger partial charge is 0.335 e. The van der Waals surface area contributed by atoms with Crippen LogP contribution < -0.4 is 10.6 Å². The number of halogens is 1. The second-order valence-corrected chi connectivity index (χ2v) is 6.62. The van der Waals surface area contributed by atoms with Crippen LogP contribution in [0, 0.1) is 6.92 Å². The molecule has 0 aliphatic heterocycles. The van der Waals surface area contributed by atoms with Gasteiger partial charge in [0, 0.05) is 35.8 Å². The first-order chi connectivity index (χ1) is 10.9. The summed E-state index contributed by atoms with van der Waals surface area (Å²) in [4.78, 5) is 12.2. The van der Waals surface area contributed by atoms with Crippen LogP contribution in [0.3, 0.4) is 0 Å². The van der Waals surface area contributed by atoms with Crippen molar-refractivity contribution < 1.29 is 4.79 Å². The van der Waals surface area contributed by atoms with Gasteiger partial charge in [-0.2, -0.15) is 5.10 Å². The van der Waals surface area contributed by atoms with Crippen LogP contribution in [-0.2, 0) is 7.05 Å². The van der Waals surface area contributed by atoms with E-state index in [1.54, 1.807) is 4.68 Å². The van der Waals surface area contributed by atoms with E-state index in [9.17, 15) is 4.79 Å². The molecule has 1 aliphatic rings. The molecule has 2 aromatic rings. The van der Waals surface area contributed by atoms with E-state index in [1.807, 2.05) is 45.3 Å². The van der Waals surface area contributed by atoms with Crippen molar-refractivity contribution in [2.24, 2.45) is 7.05 Å². The molecule has 0 radical (unpaired) electrons. The molecule has 1 saturated carbocycles. The standard InChI is InChI=1S/C17H21ClN4O/c1-10(15-9-22(3)21-11(15)2)19-17(23)20-16-8-14(16)12-5-4-6-13(18)7-12/h4-7,9-10,14,16H,8H2,1-3H3,(H2,19,20,23)/t10-,14-,16+/m0/s1. The minimum atomic E-state index is -0.143. The number of aromatic nitrogens is 2. The highest BCUT2D eigenvalue weighted by atomic mass is 35.5. The van der Waals surface area contributed by atoms with Gasteiger partial charge in [-0.3, -0.25) is 4.68 Å². The Labute approximate surface area is 141 Å². The molecule has 0 bridgehead atoms.